The number of rotatable bonds is 20. The molecule has 0 rings (SSSR count). The fourth-order valence-electron chi connectivity index (χ4n) is 2.35. The van der Waals surface area contributed by atoms with Crippen LogP contribution in [-0.4, -0.2) is 38.7 Å². The second-order valence-electron chi connectivity index (χ2n) is 7.39. The van der Waals surface area contributed by atoms with Gasteiger partial charge in [0.25, 0.3) is 0 Å². The Hall–Kier alpha value is -0.980. The number of carbonyl (C=O) groups is 1. The van der Waals surface area contributed by atoms with Gasteiger partial charge in [-0.05, 0) is 32.9 Å². The summed E-state index contributed by atoms with van der Waals surface area (Å²) in [5, 5.41) is 4.62. The summed E-state index contributed by atoms with van der Waals surface area (Å²) < 4.78 is 5.68. The first-order valence-electron chi connectivity index (χ1n) is 10.7. The minimum atomic E-state index is -1.00. The van der Waals surface area contributed by atoms with Crippen LogP contribution >= 0.6 is 37.0 Å². The highest BCUT2D eigenvalue weighted by Crippen LogP contribution is 2.24. The molecule has 0 radical (unpaired) electrons. The molecule has 0 aromatic heterocycles. The second-order valence-corrected chi connectivity index (χ2v) is 8.65. The maximum atomic E-state index is 12.7. The van der Waals surface area contributed by atoms with Gasteiger partial charge in [0.1, 0.15) is 44.2 Å². The number of thiol groups is 2. The van der Waals surface area contributed by atoms with Gasteiger partial charge in [-0.15, -0.1) is 37.0 Å². The Labute approximate surface area is 213 Å². The maximum absolute atomic E-state index is 12.7. The van der Waals surface area contributed by atoms with Gasteiger partial charge in [-0.2, -0.15) is 14.7 Å². The minimum Gasteiger partial charge on any atom is -0.465 e. The molecule has 0 aliphatic carbocycles. The number of ether oxygens (including phenoxy) is 1. The van der Waals surface area contributed by atoms with Crippen molar-refractivity contribution in [2.75, 3.05) is 32.7 Å². The van der Waals surface area contributed by atoms with Crippen molar-refractivity contribution in [3.8, 4) is 0 Å². The standard InChI is InChI=1S/C22H38O8S3/c1-6-8-9-20(7-2)21(23)24-14-22(15-26-25-10-11-33-5,16-27-29-18(3)12-31)17-28-30-19(4)13-32/h10-13,20,31-32H,6-9,14-17H2,1-5H3/b11-10+,18-12-,19-13-. The van der Waals surface area contributed by atoms with Crippen molar-refractivity contribution in [2.24, 2.45) is 11.3 Å². The molecule has 0 aliphatic rings. The van der Waals surface area contributed by atoms with E-state index >= 15 is 0 Å². The van der Waals surface area contributed by atoms with Crippen molar-refractivity contribution in [2.45, 2.75) is 53.4 Å². The molecule has 0 amide bonds. The van der Waals surface area contributed by atoms with Crippen LogP contribution in [0, 0.1) is 11.3 Å². The van der Waals surface area contributed by atoms with Gasteiger partial charge in [-0.25, -0.2) is 0 Å². The van der Waals surface area contributed by atoms with Crippen LogP contribution in [0.2, 0.25) is 0 Å². The summed E-state index contributed by atoms with van der Waals surface area (Å²) in [6.45, 7) is 7.22. The zero-order valence-corrected chi connectivity index (χ0v) is 22.7. The average molecular weight is 527 g/mol. The lowest BCUT2D eigenvalue weighted by atomic mass is 9.92. The highest BCUT2D eigenvalue weighted by atomic mass is 32.2. The topological polar surface area (TPSA) is 81.7 Å². The Kier molecular flexibility index (Phi) is 19.8. The summed E-state index contributed by atoms with van der Waals surface area (Å²) >= 11 is 9.49. The fourth-order valence-corrected chi connectivity index (χ4v) is 2.59. The molecule has 1 atom stereocenters. The molecule has 0 aliphatic heterocycles. The predicted octanol–water partition coefficient (Wildman–Crippen LogP) is 5.99. The van der Waals surface area contributed by atoms with Gasteiger partial charge in [0.05, 0.1) is 11.3 Å². The Morgan fingerprint density at radius 1 is 0.970 bits per heavy atom. The van der Waals surface area contributed by atoms with Gasteiger partial charge in [-0.3, -0.25) is 4.79 Å². The number of thioether (sulfide) groups is 1. The number of hydrogen-bond acceptors (Lipinski definition) is 11. The van der Waals surface area contributed by atoms with Crippen molar-refractivity contribution in [3.05, 3.63) is 34.0 Å². The van der Waals surface area contributed by atoms with Crippen LogP contribution in [0.15, 0.2) is 34.0 Å². The smallest absolute Gasteiger partial charge is 0.308 e. The molecule has 0 saturated carbocycles. The number of allylic oxidation sites excluding steroid dienone is 2. The molecular weight excluding hydrogens is 488 g/mol. The summed E-state index contributed by atoms with van der Waals surface area (Å²) in [6, 6.07) is 0. The Morgan fingerprint density at radius 2 is 1.55 bits per heavy atom. The number of unbranched alkanes of at least 4 members (excludes halogenated alkanes) is 1. The van der Waals surface area contributed by atoms with Crippen LogP contribution < -0.4 is 0 Å². The van der Waals surface area contributed by atoms with Crippen LogP contribution in [0.25, 0.3) is 0 Å². The molecule has 0 aromatic rings. The molecule has 8 nitrogen and oxygen atoms in total. The van der Waals surface area contributed by atoms with Crippen molar-refractivity contribution in [1.82, 2.24) is 0 Å². The lowest BCUT2D eigenvalue weighted by Gasteiger charge is -2.30. The molecule has 11 heteroatoms. The van der Waals surface area contributed by atoms with Gasteiger partial charge >= 0.3 is 5.97 Å². The summed E-state index contributed by atoms with van der Waals surface area (Å²) in [7, 11) is 0. The molecule has 0 bridgehead atoms. The van der Waals surface area contributed by atoms with Crippen molar-refractivity contribution < 1.29 is 38.9 Å². The first kappa shape index (κ1) is 32.0. The Morgan fingerprint density at radius 3 is 2.03 bits per heavy atom. The third kappa shape index (κ3) is 15.5. The van der Waals surface area contributed by atoms with Gasteiger partial charge in [0.15, 0.2) is 0 Å². The van der Waals surface area contributed by atoms with E-state index < -0.39 is 5.41 Å². The molecule has 0 heterocycles. The molecule has 0 saturated heterocycles. The summed E-state index contributed by atoms with van der Waals surface area (Å²) in [5.41, 5.74) is -1.00. The third-order valence-corrected chi connectivity index (χ3v) is 5.52. The maximum Gasteiger partial charge on any atom is 0.308 e. The predicted molar refractivity (Wildman–Crippen MR) is 136 cm³/mol. The van der Waals surface area contributed by atoms with Crippen LogP contribution in [0.1, 0.15) is 53.4 Å². The second kappa shape index (κ2) is 20.4. The van der Waals surface area contributed by atoms with E-state index in [1.807, 2.05) is 13.2 Å². The number of hydrogen-bond donors (Lipinski definition) is 2. The lowest BCUT2D eigenvalue weighted by molar-refractivity contribution is -0.343. The largest absolute Gasteiger partial charge is 0.465 e. The molecule has 0 spiro atoms. The first-order chi connectivity index (χ1) is 15.9. The molecule has 1 unspecified atom stereocenters. The molecule has 0 fully saturated rings. The van der Waals surface area contributed by atoms with Gasteiger partial charge in [-0.1, -0.05) is 26.7 Å². The zero-order valence-electron chi connectivity index (χ0n) is 20.1. The van der Waals surface area contributed by atoms with E-state index in [0.29, 0.717) is 17.9 Å². The van der Waals surface area contributed by atoms with Crippen LogP contribution in [-0.2, 0) is 38.9 Å². The van der Waals surface area contributed by atoms with Gasteiger partial charge in [0, 0.05) is 16.2 Å². The van der Waals surface area contributed by atoms with E-state index in [1.165, 1.54) is 28.8 Å². The zero-order chi connectivity index (χ0) is 25.0. The van der Waals surface area contributed by atoms with E-state index in [-0.39, 0.29) is 38.3 Å². The summed E-state index contributed by atoms with van der Waals surface area (Å²) in [5.74, 6) is 0.433. The average Bonchev–Trinajstić information content (AvgIpc) is 2.82. The SMILES string of the molecule is CCCCC(CC)C(=O)OCC(COO/C=C/SC)(COO/C(C)=C\S)COO/C(C)=C\S. The Bertz CT molecular complexity index is 586. The van der Waals surface area contributed by atoms with Gasteiger partial charge in [0.2, 0.25) is 0 Å². The van der Waals surface area contributed by atoms with Crippen LogP contribution in [0.5, 0.6) is 0 Å². The molecule has 0 aromatic carbocycles. The monoisotopic (exact) mass is 526 g/mol. The number of carbonyl (C=O) groups excluding carboxylic acids is 1. The molecular formula is C22H38O8S3. The van der Waals surface area contributed by atoms with E-state index in [1.54, 1.807) is 19.3 Å². The number of esters is 1. The van der Waals surface area contributed by atoms with Crippen molar-refractivity contribution in [3.63, 3.8) is 0 Å². The van der Waals surface area contributed by atoms with E-state index in [0.717, 1.165) is 19.3 Å². The molecule has 192 valence electrons. The van der Waals surface area contributed by atoms with Crippen LogP contribution in [0.4, 0.5) is 0 Å². The van der Waals surface area contributed by atoms with E-state index in [2.05, 4.69) is 32.2 Å². The van der Waals surface area contributed by atoms with E-state index in [4.69, 9.17) is 34.1 Å². The Balaban J connectivity index is 5.44. The van der Waals surface area contributed by atoms with Crippen LogP contribution in [0.3, 0.4) is 0 Å². The van der Waals surface area contributed by atoms with Crippen molar-refractivity contribution in [1.29, 1.82) is 0 Å². The van der Waals surface area contributed by atoms with Crippen molar-refractivity contribution >= 4 is 43.0 Å². The summed E-state index contributed by atoms with van der Waals surface area (Å²) in [4.78, 5) is 44.2. The van der Waals surface area contributed by atoms with E-state index in [9.17, 15) is 4.79 Å². The summed E-state index contributed by atoms with van der Waals surface area (Å²) in [6.07, 6.45) is 6.72. The van der Waals surface area contributed by atoms with Gasteiger partial charge < -0.3 is 19.4 Å². The molecule has 33 heavy (non-hydrogen) atoms. The quantitative estimate of drug-likeness (QED) is 0.0496. The normalized spacial score (nSPS) is 13.8. The lowest BCUT2D eigenvalue weighted by Crippen LogP contribution is -2.42. The molecule has 0 N–H and O–H groups in total. The fraction of sp³-hybridized carbons (Fsp3) is 0.682. The first-order valence-corrected chi connectivity index (χ1v) is 13.0. The third-order valence-electron chi connectivity index (χ3n) is 4.41. The highest BCUT2D eigenvalue weighted by Gasteiger charge is 2.37. The highest BCUT2D eigenvalue weighted by molar-refractivity contribution is 8.01. The minimum absolute atomic E-state index is 0.0370.